The van der Waals surface area contributed by atoms with Crippen LogP contribution >= 0.6 is 0 Å². The van der Waals surface area contributed by atoms with Crippen LogP contribution in [-0.4, -0.2) is 4.98 Å². The van der Waals surface area contributed by atoms with Gasteiger partial charge in [0.25, 0.3) is 0 Å². The Balaban J connectivity index is 2.25. The van der Waals surface area contributed by atoms with E-state index in [0.29, 0.717) is 11.1 Å². The van der Waals surface area contributed by atoms with Gasteiger partial charge in [0.2, 0.25) is 5.95 Å². The Hall–Kier alpha value is -2.29. The van der Waals surface area contributed by atoms with Gasteiger partial charge in [-0.2, -0.15) is 4.39 Å². The van der Waals surface area contributed by atoms with E-state index in [1.807, 2.05) is 30.3 Å². The SMILES string of the molecule is Fc1ccc2cc(-c3ccccc3)c(F)cc2n1. The fourth-order valence-electron chi connectivity index (χ4n) is 1.96. The van der Waals surface area contributed by atoms with Gasteiger partial charge in [-0.1, -0.05) is 30.3 Å². The molecule has 88 valence electrons. The summed E-state index contributed by atoms with van der Waals surface area (Å²) in [7, 11) is 0. The molecule has 0 atom stereocenters. The summed E-state index contributed by atoms with van der Waals surface area (Å²) in [6.45, 7) is 0. The van der Waals surface area contributed by atoms with E-state index in [2.05, 4.69) is 4.98 Å². The number of hydrogen-bond donors (Lipinski definition) is 0. The first kappa shape index (κ1) is 10.8. The number of fused-ring (bicyclic) bond motifs is 1. The Bertz CT molecular complexity index is 708. The molecule has 0 saturated heterocycles. The van der Waals surface area contributed by atoms with Crippen molar-refractivity contribution in [2.75, 3.05) is 0 Å². The van der Waals surface area contributed by atoms with Crippen molar-refractivity contribution < 1.29 is 8.78 Å². The van der Waals surface area contributed by atoms with Gasteiger partial charge >= 0.3 is 0 Å². The Kier molecular flexibility index (Phi) is 2.52. The predicted molar refractivity (Wildman–Crippen MR) is 67.1 cm³/mol. The second kappa shape index (κ2) is 4.18. The normalized spacial score (nSPS) is 10.8. The molecule has 0 bridgehead atoms. The Labute approximate surface area is 103 Å². The van der Waals surface area contributed by atoms with Gasteiger partial charge in [-0.15, -0.1) is 0 Å². The van der Waals surface area contributed by atoms with Crippen LogP contribution in [0.5, 0.6) is 0 Å². The molecule has 18 heavy (non-hydrogen) atoms. The van der Waals surface area contributed by atoms with Crippen molar-refractivity contribution in [3.63, 3.8) is 0 Å². The van der Waals surface area contributed by atoms with Gasteiger partial charge in [-0.3, -0.25) is 0 Å². The van der Waals surface area contributed by atoms with Crippen molar-refractivity contribution in [1.82, 2.24) is 4.98 Å². The molecule has 1 nitrogen and oxygen atoms in total. The molecular weight excluding hydrogens is 232 g/mol. The van der Waals surface area contributed by atoms with Crippen molar-refractivity contribution in [3.8, 4) is 11.1 Å². The minimum absolute atomic E-state index is 0.326. The van der Waals surface area contributed by atoms with Gasteiger partial charge in [0, 0.05) is 17.0 Å². The predicted octanol–water partition coefficient (Wildman–Crippen LogP) is 4.18. The van der Waals surface area contributed by atoms with Crippen LogP contribution in [0, 0.1) is 11.8 Å². The first-order valence-electron chi connectivity index (χ1n) is 5.55. The summed E-state index contributed by atoms with van der Waals surface area (Å²) in [6, 6.07) is 15.1. The molecule has 0 spiro atoms. The zero-order chi connectivity index (χ0) is 12.5. The molecule has 0 radical (unpaired) electrons. The molecule has 0 unspecified atom stereocenters. The van der Waals surface area contributed by atoms with E-state index in [1.165, 1.54) is 12.1 Å². The van der Waals surface area contributed by atoms with Gasteiger partial charge in [0.05, 0.1) is 5.52 Å². The summed E-state index contributed by atoms with van der Waals surface area (Å²) < 4.78 is 26.9. The average molecular weight is 241 g/mol. The summed E-state index contributed by atoms with van der Waals surface area (Å²) in [5, 5.41) is 0.719. The lowest BCUT2D eigenvalue weighted by Crippen LogP contribution is -1.89. The number of aromatic nitrogens is 1. The van der Waals surface area contributed by atoms with Crippen LogP contribution in [0.4, 0.5) is 8.78 Å². The molecular formula is C15H9F2N. The highest BCUT2D eigenvalue weighted by atomic mass is 19.1. The molecule has 0 aliphatic carbocycles. The number of rotatable bonds is 1. The maximum atomic E-state index is 14.0. The second-order valence-electron chi connectivity index (χ2n) is 4.02. The second-order valence-corrected chi connectivity index (χ2v) is 4.02. The summed E-state index contributed by atoms with van der Waals surface area (Å²) in [5.74, 6) is -0.999. The highest BCUT2D eigenvalue weighted by Gasteiger charge is 2.08. The molecule has 0 saturated carbocycles. The van der Waals surface area contributed by atoms with Crippen LogP contribution in [0.15, 0.2) is 54.6 Å². The lowest BCUT2D eigenvalue weighted by atomic mass is 10.0. The molecule has 0 aliphatic heterocycles. The van der Waals surface area contributed by atoms with E-state index in [9.17, 15) is 8.78 Å². The van der Waals surface area contributed by atoms with E-state index < -0.39 is 11.8 Å². The van der Waals surface area contributed by atoms with Crippen LogP contribution in [0.1, 0.15) is 0 Å². The van der Waals surface area contributed by atoms with Crippen molar-refractivity contribution in [2.24, 2.45) is 0 Å². The third kappa shape index (κ3) is 1.84. The van der Waals surface area contributed by atoms with Gasteiger partial charge in [0.1, 0.15) is 5.82 Å². The third-order valence-corrected chi connectivity index (χ3v) is 2.83. The molecule has 0 fully saturated rings. The third-order valence-electron chi connectivity index (χ3n) is 2.83. The van der Waals surface area contributed by atoms with E-state index in [1.54, 1.807) is 12.1 Å². The number of benzene rings is 2. The smallest absolute Gasteiger partial charge is 0.213 e. The standard InChI is InChI=1S/C15H9F2N/c16-13-9-14-11(6-7-15(17)18-14)8-12(13)10-4-2-1-3-5-10/h1-9H. The maximum absolute atomic E-state index is 14.0. The van der Waals surface area contributed by atoms with Gasteiger partial charge < -0.3 is 0 Å². The number of pyridine rings is 1. The zero-order valence-electron chi connectivity index (χ0n) is 9.40. The number of nitrogens with zero attached hydrogens (tertiary/aromatic N) is 1. The lowest BCUT2D eigenvalue weighted by molar-refractivity contribution is 0.588. The highest BCUT2D eigenvalue weighted by molar-refractivity contribution is 5.84. The number of hydrogen-bond acceptors (Lipinski definition) is 1. The average Bonchev–Trinajstić information content (AvgIpc) is 2.39. The fourth-order valence-corrected chi connectivity index (χ4v) is 1.96. The van der Waals surface area contributed by atoms with Crippen LogP contribution in [-0.2, 0) is 0 Å². The van der Waals surface area contributed by atoms with Crippen molar-refractivity contribution in [1.29, 1.82) is 0 Å². The van der Waals surface area contributed by atoms with Crippen LogP contribution < -0.4 is 0 Å². The van der Waals surface area contributed by atoms with Gasteiger partial charge in [-0.25, -0.2) is 9.37 Å². The first-order valence-corrected chi connectivity index (χ1v) is 5.55. The summed E-state index contributed by atoms with van der Waals surface area (Å²) >= 11 is 0. The number of halogens is 2. The minimum atomic E-state index is -0.602. The van der Waals surface area contributed by atoms with Crippen LogP contribution in [0.2, 0.25) is 0 Å². The molecule has 3 rings (SSSR count). The Morgan fingerprint density at radius 3 is 2.39 bits per heavy atom. The summed E-state index contributed by atoms with van der Waals surface area (Å²) in [4.78, 5) is 3.66. The minimum Gasteiger partial charge on any atom is -0.220 e. The quantitative estimate of drug-likeness (QED) is 0.582. The molecule has 3 heteroatoms. The first-order chi connectivity index (χ1) is 8.74. The fraction of sp³-hybridized carbons (Fsp3) is 0. The maximum Gasteiger partial charge on any atom is 0.213 e. The molecule has 0 amide bonds. The molecule has 1 heterocycles. The molecule has 2 aromatic carbocycles. The molecule has 1 aromatic heterocycles. The van der Waals surface area contributed by atoms with E-state index >= 15 is 0 Å². The Morgan fingerprint density at radius 1 is 0.833 bits per heavy atom. The van der Waals surface area contributed by atoms with Crippen molar-refractivity contribution in [2.45, 2.75) is 0 Å². The van der Waals surface area contributed by atoms with Crippen LogP contribution in [0.25, 0.3) is 22.0 Å². The van der Waals surface area contributed by atoms with Crippen molar-refractivity contribution >= 4 is 10.9 Å². The summed E-state index contributed by atoms with van der Waals surface area (Å²) in [6.07, 6.45) is 0. The zero-order valence-corrected chi connectivity index (χ0v) is 9.40. The van der Waals surface area contributed by atoms with Gasteiger partial charge in [-0.05, 0) is 23.8 Å². The van der Waals surface area contributed by atoms with E-state index in [4.69, 9.17) is 0 Å². The Morgan fingerprint density at radius 2 is 1.61 bits per heavy atom. The molecule has 3 aromatic rings. The van der Waals surface area contributed by atoms with Crippen LogP contribution in [0.3, 0.4) is 0 Å². The molecule has 0 N–H and O–H groups in total. The van der Waals surface area contributed by atoms with E-state index in [0.717, 1.165) is 10.9 Å². The van der Waals surface area contributed by atoms with Gasteiger partial charge in [0.15, 0.2) is 0 Å². The monoisotopic (exact) mass is 241 g/mol. The summed E-state index contributed by atoms with van der Waals surface area (Å²) in [5.41, 5.74) is 1.62. The van der Waals surface area contributed by atoms with E-state index in [-0.39, 0.29) is 0 Å². The lowest BCUT2D eigenvalue weighted by Gasteiger charge is -2.05. The van der Waals surface area contributed by atoms with Crippen molar-refractivity contribution in [3.05, 3.63) is 66.4 Å². The largest absolute Gasteiger partial charge is 0.220 e. The topological polar surface area (TPSA) is 12.9 Å². The molecule has 0 aliphatic rings. The highest BCUT2D eigenvalue weighted by Crippen LogP contribution is 2.26.